The van der Waals surface area contributed by atoms with Crippen molar-refractivity contribution in [2.24, 2.45) is 0 Å². The van der Waals surface area contributed by atoms with E-state index in [1.54, 1.807) is 26.4 Å². The molecule has 3 N–H and O–H groups in total. The van der Waals surface area contributed by atoms with Crippen LogP contribution in [0.1, 0.15) is 15.9 Å². The summed E-state index contributed by atoms with van der Waals surface area (Å²) in [5.74, 6) is -0.167. The molecule has 1 rings (SSSR count). The van der Waals surface area contributed by atoms with Gasteiger partial charge in [-0.15, -0.1) is 0 Å². The maximum absolute atomic E-state index is 11.9. The number of carbonyl (C=O) groups is 1. The van der Waals surface area contributed by atoms with Gasteiger partial charge >= 0.3 is 0 Å². The van der Waals surface area contributed by atoms with Gasteiger partial charge in [-0.1, -0.05) is 6.07 Å². The highest BCUT2D eigenvalue weighted by atomic mass is 16.5. The van der Waals surface area contributed by atoms with E-state index in [2.05, 4.69) is 5.32 Å². The first-order chi connectivity index (χ1) is 8.58. The van der Waals surface area contributed by atoms with Crippen LogP contribution in [0.3, 0.4) is 0 Å². The largest absolute Gasteiger partial charge is 0.398 e. The molecule has 18 heavy (non-hydrogen) atoms. The molecule has 1 unspecified atom stereocenters. The van der Waals surface area contributed by atoms with Crippen LogP contribution in [0.5, 0.6) is 0 Å². The number of nitrogen functional groups attached to an aromatic ring is 1. The number of anilines is 1. The standard InChI is InChI=1S/C13H20N2O3/c1-9-4-5-10(6-12(9)14)13(16)15-7-11(18-3)8-17-2/h4-6,11H,7-8,14H2,1-3H3,(H,15,16). The SMILES string of the molecule is COCC(CNC(=O)c1ccc(C)c(N)c1)OC. The first kappa shape index (κ1) is 14.5. The summed E-state index contributed by atoms with van der Waals surface area (Å²) < 4.78 is 10.1. The molecular weight excluding hydrogens is 232 g/mol. The maximum atomic E-state index is 11.9. The van der Waals surface area contributed by atoms with Crippen LogP contribution < -0.4 is 11.1 Å². The van der Waals surface area contributed by atoms with Crippen molar-refractivity contribution >= 4 is 11.6 Å². The van der Waals surface area contributed by atoms with Gasteiger partial charge in [-0.05, 0) is 24.6 Å². The van der Waals surface area contributed by atoms with Crippen LogP contribution in [0, 0.1) is 6.92 Å². The minimum Gasteiger partial charge on any atom is -0.398 e. The monoisotopic (exact) mass is 252 g/mol. The molecule has 0 aliphatic heterocycles. The van der Waals surface area contributed by atoms with Gasteiger partial charge in [-0.3, -0.25) is 4.79 Å². The number of ether oxygens (including phenoxy) is 2. The van der Waals surface area contributed by atoms with Crippen molar-refractivity contribution in [2.75, 3.05) is 33.1 Å². The molecule has 5 nitrogen and oxygen atoms in total. The summed E-state index contributed by atoms with van der Waals surface area (Å²) >= 11 is 0. The van der Waals surface area contributed by atoms with E-state index in [9.17, 15) is 4.79 Å². The number of rotatable bonds is 6. The predicted octanol–water partition coefficient (Wildman–Crippen LogP) is 0.968. The average Bonchev–Trinajstić information content (AvgIpc) is 2.37. The van der Waals surface area contributed by atoms with E-state index < -0.39 is 0 Å². The summed E-state index contributed by atoms with van der Waals surface area (Å²) in [6, 6.07) is 5.25. The quantitative estimate of drug-likeness (QED) is 0.740. The van der Waals surface area contributed by atoms with Crippen LogP contribution in [0.4, 0.5) is 5.69 Å². The third-order valence-corrected chi connectivity index (χ3v) is 2.72. The summed E-state index contributed by atoms with van der Waals surface area (Å²) in [5, 5.41) is 2.78. The Balaban J connectivity index is 2.57. The Hall–Kier alpha value is -1.59. The van der Waals surface area contributed by atoms with Gasteiger partial charge in [0.15, 0.2) is 0 Å². The van der Waals surface area contributed by atoms with Crippen molar-refractivity contribution in [1.82, 2.24) is 5.32 Å². The number of amides is 1. The van der Waals surface area contributed by atoms with E-state index in [-0.39, 0.29) is 12.0 Å². The lowest BCUT2D eigenvalue weighted by Gasteiger charge is -2.15. The molecule has 0 bridgehead atoms. The van der Waals surface area contributed by atoms with Gasteiger partial charge in [-0.25, -0.2) is 0 Å². The van der Waals surface area contributed by atoms with Gasteiger partial charge in [0.05, 0.1) is 12.7 Å². The normalized spacial score (nSPS) is 12.2. The van der Waals surface area contributed by atoms with Crippen molar-refractivity contribution in [3.8, 4) is 0 Å². The van der Waals surface area contributed by atoms with Gasteiger partial charge in [0.2, 0.25) is 0 Å². The van der Waals surface area contributed by atoms with Gasteiger partial charge in [0.25, 0.3) is 5.91 Å². The summed E-state index contributed by atoms with van der Waals surface area (Å²) in [5.41, 5.74) is 7.88. The highest BCUT2D eigenvalue weighted by Crippen LogP contribution is 2.12. The van der Waals surface area contributed by atoms with Crippen LogP contribution in [-0.4, -0.2) is 39.4 Å². The number of hydrogen-bond acceptors (Lipinski definition) is 4. The molecule has 0 saturated heterocycles. The summed E-state index contributed by atoms with van der Waals surface area (Å²) in [7, 11) is 3.17. The summed E-state index contributed by atoms with van der Waals surface area (Å²) in [6.45, 7) is 2.74. The second-order valence-electron chi connectivity index (χ2n) is 4.09. The molecule has 100 valence electrons. The first-order valence-corrected chi connectivity index (χ1v) is 5.74. The van der Waals surface area contributed by atoms with E-state index in [1.807, 2.05) is 13.0 Å². The average molecular weight is 252 g/mol. The number of aryl methyl sites for hydroxylation is 1. The molecular formula is C13H20N2O3. The van der Waals surface area contributed by atoms with E-state index in [1.165, 1.54) is 0 Å². The van der Waals surface area contributed by atoms with Gasteiger partial charge < -0.3 is 20.5 Å². The fraction of sp³-hybridized carbons (Fsp3) is 0.462. The van der Waals surface area contributed by atoms with E-state index in [4.69, 9.17) is 15.2 Å². The third kappa shape index (κ3) is 4.01. The zero-order chi connectivity index (χ0) is 13.5. The fourth-order valence-corrected chi connectivity index (χ4v) is 1.49. The number of carbonyl (C=O) groups excluding carboxylic acids is 1. The number of nitrogens with two attached hydrogens (primary N) is 1. The van der Waals surface area contributed by atoms with Crippen LogP contribution in [-0.2, 0) is 9.47 Å². The Labute approximate surface area is 107 Å². The smallest absolute Gasteiger partial charge is 0.251 e. The van der Waals surface area contributed by atoms with Gasteiger partial charge in [0, 0.05) is 32.0 Å². The van der Waals surface area contributed by atoms with Crippen LogP contribution in [0.2, 0.25) is 0 Å². The molecule has 0 aliphatic carbocycles. The lowest BCUT2D eigenvalue weighted by molar-refractivity contribution is 0.0285. The van der Waals surface area contributed by atoms with Crippen LogP contribution in [0.25, 0.3) is 0 Å². The Morgan fingerprint density at radius 1 is 1.44 bits per heavy atom. The molecule has 1 aromatic carbocycles. The zero-order valence-corrected chi connectivity index (χ0v) is 11.0. The van der Waals surface area contributed by atoms with Gasteiger partial charge in [-0.2, -0.15) is 0 Å². The molecule has 0 saturated carbocycles. The van der Waals surface area contributed by atoms with Crippen molar-refractivity contribution in [1.29, 1.82) is 0 Å². The summed E-state index contributed by atoms with van der Waals surface area (Å²) in [6.07, 6.45) is -0.151. The lowest BCUT2D eigenvalue weighted by Crippen LogP contribution is -2.35. The Bertz CT molecular complexity index is 407. The lowest BCUT2D eigenvalue weighted by atomic mass is 10.1. The topological polar surface area (TPSA) is 73.6 Å². The zero-order valence-electron chi connectivity index (χ0n) is 11.0. The number of methoxy groups -OCH3 is 2. The Kier molecular flexibility index (Phi) is 5.61. The summed E-state index contributed by atoms with van der Waals surface area (Å²) in [4.78, 5) is 11.9. The maximum Gasteiger partial charge on any atom is 0.251 e. The minimum absolute atomic E-state index is 0.151. The van der Waals surface area contributed by atoms with Crippen molar-refractivity contribution < 1.29 is 14.3 Å². The first-order valence-electron chi connectivity index (χ1n) is 5.74. The molecule has 1 atom stereocenters. The molecule has 1 aromatic rings. The van der Waals surface area contributed by atoms with Crippen molar-refractivity contribution in [3.05, 3.63) is 29.3 Å². The molecule has 0 fully saturated rings. The van der Waals surface area contributed by atoms with E-state index in [0.29, 0.717) is 24.4 Å². The third-order valence-electron chi connectivity index (χ3n) is 2.72. The van der Waals surface area contributed by atoms with Crippen molar-refractivity contribution in [3.63, 3.8) is 0 Å². The van der Waals surface area contributed by atoms with E-state index >= 15 is 0 Å². The molecule has 0 radical (unpaired) electrons. The highest BCUT2D eigenvalue weighted by Gasteiger charge is 2.11. The van der Waals surface area contributed by atoms with Gasteiger partial charge in [0.1, 0.15) is 0 Å². The van der Waals surface area contributed by atoms with Crippen LogP contribution >= 0.6 is 0 Å². The molecule has 1 amide bonds. The van der Waals surface area contributed by atoms with Crippen LogP contribution in [0.15, 0.2) is 18.2 Å². The molecule has 0 spiro atoms. The molecule has 5 heteroatoms. The fourth-order valence-electron chi connectivity index (χ4n) is 1.49. The second kappa shape index (κ2) is 6.98. The predicted molar refractivity (Wildman–Crippen MR) is 70.6 cm³/mol. The molecule has 0 aliphatic rings. The molecule has 0 aromatic heterocycles. The minimum atomic E-state index is -0.167. The van der Waals surface area contributed by atoms with E-state index in [0.717, 1.165) is 5.56 Å². The molecule has 0 heterocycles. The second-order valence-corrected chi connectivity index (χ2v) is 4.09. The number of benzene rings is 1. The Morgan fingerprint density at radius 2 is 2.17 bits per heavy atom. The van der Waals surface area contributed by atoms with Crippen molar-refractivity contribution in [2.45, 2.75) is 13.0 Å². The number of hydrogen-bond donors (Lipinski definition) is 2. The highest BCUT2D eigenvalue weighted by molar-refractivity contribution is 5.95. The Morgan fingerprint density at radius 3 is 2.72 bits per heavy atom. The number of nitrogens with one attached hydrogen (secondary N) is 1.